The number of nitrogens with one attached hydrogen (secondary N) is 1. The van der Waals surface area contributed by atoms with Gasteiger partial charge < -0.3 is 14.8 Å². The maximum Gasteiger partial charge on any atom is 0.175 e. The normalized spacial score (nSPS) is 19.1. The molecule has 0 aromatic heterocycles. The molecule has 3 atom stereocenters. The summed E-state index contributed by atoms with van der Waals surface area (Å²) >= 11 is 9.98. The van der Waals surface area contributed by atoms with Crippen LogP contribution in [0, 0.1) is 12.8 Å². The van der Waals surface area contributed by atoms with Gasteiger partial charge in [-0.3, -0.25) is 4.99 Å². The fraction of sp³-hybridized carbons (Fsp3) is 0.229. The number of hydrogen-bond acceptors (Lipinski definition) is 4. The van der Waals surface area contributed by atoms with Gasteiger partial charge in [-0.15, -0.1) is 0 Å². The Morgan fingerprint density at radius 2 is 1.85 bits per heavy atom. The Morgan fingerprint density at radius 3 is 2.66 bits per heavy atom. The second-order valence-corrected chi connectivity index (χ2v) is 11.8. The monoisotopic (exact) mass is 626 g/mol. The van der Waals surface area contributed by atoms with Gasteiger partial charge in [0.05, 0.1) is 22.8 Å². The summed E-state index contributed by atoms with van der Waals surface area (Å²) in [5.41, 5.74) is 7.98. The quantitative estimate of drug-likeness (QED) is 0.156. The van der Waals surface area contributed by atoms with E-state index < -0.39 is 0 Å². The van der Waals surface area contributed by atoms with Crippen molar-refractivity contribution in [3.05, 3.63) is 128 Å². The molecule has 41 heavy (non-hydrogen) atoms. The van der Waals surface area contributed by atoms with E-state index in [-0.39, 0.29) is 6.04 Å². The van der Waals surface area contributed by atoms with Gasteiger partial charge in [0.1, 0.15) is 6.61 Å². The Labute approximate surface area is 255 Å². The number of halogens is 2. The van der Waals surface area contributed by atoms with E-state index in [0.29, 0.717) is 41.6 Å². The van der Waals surface area contributed by atoms with Gasteiger partial charge in [0.25, 0.3) is 0 Å². The molecule has 0 radical (unpaired) electrons. The van der Waals surface area contributed by atoms with Gasteiger partial charge >= 0.3 is 0 Å². The molecule has 0 saturated carbocycles. The van der Waals surface area contributed by atoms with Crippen molar-refractivity contribution in [1.82, 2.24) is 0 Å². The van der Waals surface area contributed by atoms with Crippen LogP contribution in [-0.4, -0.2) is 12.8 Å². The number of nitrogens with zero attached hydrogens (tertiary/aromatic N) is 1. The predicted molar refractivity (Wildman–Crippen MR) is 172 cm³/mol. The first-order valence-corrected chi connectivity index (χ1v) is 15.2. The van der Waals surface area contributed by atoms with Crippen LogP contribution in [0.15, 0.2) is 100 Å². The smallest absolute Gasteiger partial charge is 0.175 e. The number of aliphatic imine (C=N–C) groups is 1. The molecule has 1 heterocycles. The fourth-order valence-corrected chi connectivity index (χ4v) is 6.56. The van der Waals surface area contributed by atoms with Crippen LogP contribution in [0.1, 0.15) is 53.1 Å². The minimum Gasteiger partial charge on any atom is -0.490 e. The van der Waals surface area contributed by atoms with Gasteiger partial charge in [0.2, 0.25) is 0 Å². The molecule has 2 aliphatic rings. The highest BCUT2D eigenvalue weighted by molar-refractivity contribution is 9.10. The van der Waals surface area contributed by atoms with E-state index in [0.717, 1.165) is 27.7 Å². The molecule has 0 unspecified atom stereocenters. The molecule has 0 fully saturated rings. The molecule has 1 aliphatic carbocycles. The van der Waals surface area contributed by atoms with Crippen molar-refractivity contribution in [3.63, 3.8) is 0 Å². The molecule has 4 aromatic rings. The standard InChI is InChI=1S/C35H32BrClN2O2/c1-3-40-33-19-23(18-30(36)35(33)41-21-25-7-4-5-10-31(25)37)20-38-26-14-12-24(13-15-26)34-28-9-6-8-27(28)29-17-22(2)11-16-32(29)39-34/h4-8,10-20,27-28,34,39H,3,9,21H2,1-2H3/t27-,28-,34-/m0/s1. The molecule has 6 rings (SSSR count). The van der Waals surface area contributed by atoms with E-state index in [2.05, 4.69) is 82.8 Å². The lowest BCUT2D eigenvalue weighted by Gasteiger charge is -2.37. The van der Waals surface area contributed by atoms with Crippen molar-refractivity contribution < 1.29 is 9.47 Å². The summed E-state index contributed by atoms with van der Waals surface area (Å²) in [5.74, 6) is 2.28. The number of allylic oxidation sites excluding steroid dienone is 2. The zero-order valence-corrected chi connectivity index (χ0v) is 25.5. The Hall–Kier alpha value is -3.54. The van der Waals surface area contributed by atoms with Gasteiger partial charge in [-0.2, -0.15) is 0 Å². The summed E-state index contributed by atoms with van der Waals surface area (Å²) < 4.78 is 12.8. The van der Waals surface area contributed by atoms with Crippen molar-refractivity contribution in [1.29, 1.82) is 0 Å². The number of benzene rings is 4. The SMILES string of the molecule is CCOc1cc(C=Nc2ccc([C@@H]3Nc4ccc(C)cc4[C@H]4C=CC[C@@H]43)cc2)cc(Br)c1OCc1ccccc1Cl. The number of ether oxygens (including phenoxy) is 2. The molecule has 0 saturated heterocycles. The first-order valence-electron chi connectivity index (χ1n) is 14.0. The van der Waals surface area contributed by atoms with Crippen LogP contribution in [0.4, 0.5) is 11.4 Å². The van der Waals surface area contributed by atoms with Crippen LogP contribution < -0.4 is 14.8 Å². The lowest BCUT2D eigenvalue weighted by molar-refractivity contribution is 0.267. The maximum absolute atomic E-state index is 6.31. The van der Waals surface area contributed by atoms with E-state index in [1.807, 2.05) is 49.5 Å². The van der Waals surface area contributed by atoms with Gasteiger partial charge in [0.15, 0.2) is 11.5 Å². The highest BCUT2D eigenvalue weighted by Crippen LogP contribution is 2.50. The summed E-state index contributed by atoms with van der Waals surface area (Å²) in [7, 11) is 0. The minimum atomic E-state index is 0.270. The molecule has 1 aliphatic heterocycles. The van der Waals surface area contributed by atoms with Crippen molar-refractivity contribution in [2.75, 3.05) is 11.9 Å². The molecule has 4 aromatic carbocycles. The predicted octanol–water partition coefficient (Wildman–Crippen LogP) is 9.97. The third-order valence-electron chi connectivity index (χ3n) is 7.79. The Balaban J connectivity index is 1.18. The van der Waals surface area contributed by atoms with Crippen molar-refractivity contribution >= 4 is 45.1 Å². The summed E-state index contributed by atoms with van der Waals surface area (Å²) in [5, 5.41) is 4.50. The van der Waals surface area contributed by atoms with Crippen LogP contribution in [-0.2, 0) is 6.61 Å². The highest BCUT2D eigenvalue weighted by Gasteiger charge is 2.37. The van der Waals surface area contributed by atoms with Crippen LogP contribution in [0.5, 0.6) is 11.5 Å². The summed E-state index contributed by atoms with van der Waals surface area (Å²) in [4.78, 5) is 4.76. The molecular weight excluding hydrogens is 596 g/mol. The van der Waals surface area contributed by atoms with Crippen molar-refractivity contribution in [3.8, 4) is 11.5 Å². The molecule has 0 bridgehead atoms. The third kappa shape index (κ3) is 5.93. The fourth-order valence-electron chi connectivity index (χ4n) is 5.79. The highest BCUT2D eigenvalue weighted by atomic mass is 79.9. The van der Waals surface area contributed by atoms with Gasteiger partial charge in [0, 0.05) is 28.4 Å². The molecule has 6 heteroatoms. The van der Waals surface area contributed by atoms with E-state index in [1.165, 1.54) is 22.4 Å². The van der Waals surface area contributed by atoms with Gasteiger partial charge in [-0.05, 0) is 95.2 Å². The average Bonchev–Trinajstić information content (AvgIpc) is 3.47. The zero-order chi connectivity index (χ0) is 28.3. The number of hydrogen-bond donors (Lipinski definition) is 1. The summed E-state index contributed by atoms with van der Waals surface area (Å²) in [6.07, 6.45) is 7.67. The number of rotatable bonds is 8. The van der Waals surface area contributed by atoms with E-state index in [1.54, 1.807) is 0 Å². The topological polar surface area (TPSA) is 42.8 Å². The van der Waals surface area contributed by atoms with Crippen LogP contribution in [0.2, 0.25) is 5.02 Å². The van der Waals surface area contributed by atoms with E-state index >= 15 is 0 Å². The molecule has 0 amide bonds. The minimum absolute atomic E-state index is 0.270. The molecule has 208 valence electrons. The summed E-state index contributed by atoms with van der Waals surface area (Å²) in [6, 6.07) is 27.2. The second-order valence-electron chi connectivity index (χ2n) is 10.6. The zero-order valence-electron chi connectivity index (χ0n) is 23.1. The van der Waals surface area contributed by atoms with Gasteiger partial charge in [-0.1, -0.05) is 71.8 Å². The molecule has 4 nitrogen and oxygen atoms in total. The Bertz CT molecular complexity index is 1620. The molecular formula is C35H32BrClN2O2. The largest absolute Gasteiger partial charge is 0.490 e. The van der Waals surface area contributed by atoms with E-state index in [9.17, 15) is 0 Å². The van der Waals surface area contributed by atoms with Crippen LogP contribution in [0.25, 0.3) is 0 Å². The molecule has 1 N–H and O–H groups in total. The van der Waals surface area contributed by atoms with Crippen molar-refractivity contribution in [2.45, 2.75) is 38.8 Å². The van der Waals surface area contributed by atoms with Crippen LogP contribution in [0.3, 0.4) is 0 Å². The number of aryl methyl sites for hydroxylation is 1. The van der Waals surface area contributed by atoms with Gasteiger partial charge in [-0.25, -0.2) is 0 Å². The third-order valence-corrected chi connectivity index (χ3v) is 8.75. The lowest BCUT2D eigenvalue weighted by atomic mass is 9.76. The number of anilines is 1. The first kappa shape index (κ1) is 27.6. The summed E-state index contributed by atoms with van der Waals surface area (Å²) in [6.45, 7) is 4.99. The Kier molecular flexibility index (Phi) is 8.18. The molecule has 0 spiro atoms. The van der Waals surface area contributed by atoms with E-state index in [4.69, 9.17) is 26.1 Å². The number of fused-ring (bicyclic) bond motifs is 3. The lowest BCUT2D eigenvalue weighted by Crippen LogP contribution is -2.29. The average molecular weight is 628 g/mol. The van der Waals surface area contributed by atoms with Crippen molar-refractivity contribution in [2.24, 2.45) is 10.9 Å². The maximum atomic E-state index is 6.31. The first-order chi connectivity index (χ1) is 20.0. The Morgan fingerprint density at radius 1 is 1.02 bits per heavy atom. The second kappa shape index (κ2) is 12.1. The van der Waals surface area contributed by atoms with Crippen LogP contribution >= 0.6 is 27.5 Å².